The first kappa shape index (κ1) is 14.3. The highest BCUT2D eigenvalue weighted by molar-refractivity contribution is 5.84. The van der Waals surface area contributed by atoms with Crippen molar-refractivity contribution in [3.8, 4) is 17.2 Å². The van der Waals surface area contributed by atoms with E-state index < -0.39 is 0 Å². The first-order valence-corrected chi connectivity index (χ1v) is 7.35. The second-order valence-corrected chi connectivity index (χ2v) is 5.15. The van der Waals surface area contributed by atoms with Gasteiger partial charge in [0.1, 0.15) is 17.1 Å². The number of ether oxygens (including phenoxy) is 1. The quantitative estimate of drug-likeness (QED) is 0.568. The molecule has 0 N–H and O–H groups in total. The second-order valence-electron chi connectivity index (χ2n) is 5.15. The summed E-state index contributed by atoms with van der Waals surface area (Å²) in [4.78, 5) is 8.55. The van der Waals surface area contributed by atoms with E-state index >= 15 is 0 Å². The normalized spacial score (nSPS) is 10.9. The molecule has 0 atom stereocenters. The number of hydrogen-bond acceptors (Lipinski definition) is 5. The average Bonchev–Trinajstić information content (AvgIpc) is 3.09. The third kappa shape index (κ3) is 2.81. The number of pyridine rings is 1. The van der Waals surface area contributed by atoms with E-state index in [1.165, 1.54) is 12.1 Å². The molecule has 2 heterocycles. The summed E-state index contributed by atoms with van der Waals surface area (Å²) in [6, 6.07) is 15.5. The summed E-state index contributed by atoms with van der Waals surface area (Å²) in [5.74, 6) is 0.918. The lowest BCUT2D eigenvalue weighted by molar-refractivity contribution is 0.290. The highest BCUT2D eigenvalue weighted by Crippen LogP contribution is 2.24. The molecule has 2 aromatic carbocycles. The Hall–Kier alpha value is -3.28. The van der Waals surface area contributed by atoms with Gasteiger partial charge in [-0.2, -0.15) is 4.98 Å². The predicted octanol–water partition coefficient (Wildman–Crippen LogP) is 4.00. The maximum absolute atomic E-state index is 13.3. The lowest BCUT2D eigenvalue weighted by atomic mass is 10.2. The van der Waals surface area contributed by atoms with Crippen LogP contribution in [0.3, 0.4) is 0 Å². The maximum Gasteiger partial charge on any atom is 0.258 e. The van der Waals surface area contributed by atoms with Crippen molar-refractivity contribution in [2.75, 3.05) is 0 Å². The Morgan fingerprint density at radius 3 is 2.83 bits per heavy atom. The Kier molecular flexibility index (Phi) is 3.63. The molecule has 0 amide bonds. The first-order valence-electron chi connectivity index (χ1n) is 7.35. The van der Waals surface area contributed by atoms with Crippen LogP contribution in [0.1, 0.15) is 5.82 Å². The minimum atomic E-state index is -0.356. The van der Waals surface area contributed by atoms with Crippen LogP contribution in [0.4, 0.5) is 4.39 Å². The highest BCUT2D eigenvalue weighted by atomic mass is 19.1. The van der Waals surface area contributed by atoms with Crippen molar-refractivity contribution < 1.29 is 13.7 Å². The van der Waals surface area contributed by atoms with Crippen LogP contribution in [0, 0.1) is 5.82 Å². The van der Waals surface area contributed by atoms with E-state index in [1.54, 1.807) is 18.3 Å². The number of rotatable bonds is 4. The molecule has 4 aromatic rings. The minimum absolute atomic E-state index is 0.133. The SMILES string of the molecule is Fc1cccc(-c2nc(COc3cccc4cccnc34)no2)c1. The van der Waals surface area contributed by atoms with E-state index in [0.717, 1.165) is 10.9 Å². The summed E-state index contributed by atoms with van der Waals surface area (Å²) in [6.45, 7) is 0.133. The topological polar surface area (TPSA) is 61.0 Å². The van der Waals surface area contributed by atoms with Crippen molar-refractivity contribution in [2.24, 2.45) is 0 Å². The fourth-order valence-electron chi connectivity index (χ4n) is 2.39. The van der Waals surface area contributed by atoms with Gasteiger partial charge in [0.05, 0.1) is 0 Å². The van der Waals surface area contributed by atoms with Gasteiger partial charge in [-0.15, -0.1) is 0 Å². The minimum Gasteiger partial charge on any atom is -0.483 e. The van der Waals surface area contributed by atoms with E-state index in [4.69, 9.17) is 9.26 Å². The van der Waals surface area contributed by atoms with Gasteiger partial charge in [0.2, 0.25) is 5.82 Å². The zero-order valence-electron chi connectivity index (χ0n) is 12.5. The molecule has 0 fully saturated rings. The molecule has 118 valence electrons. The van der Waals surface area contributed by atoms with Crippen LogP contribution in [-0.4, -0.2) is 15.1 Å². The highest BCUT2D eigenvalue weighted by Gasteiger charge is 2.11. The zero-order chi connectivity index (χ0) is 16.4. The molecule has 0 aliphatic rings. The third-order valence-electron chi connectivity index (χ3n) is 3.49. The van der Waals surface area contributed by atoms with Crippen LogP contribution < -0.4 is 4.74 Å². The molecule has 6 heteroatoms. The summed E-state index contributed by atoms with van der Waals surface area (Å²) in [6.07, 6.45) is 1.71. The fourth-order valence-corrected chi connectivity index (χ4v) is 2.39. The van der Waals surface area contributed by atoms with Crippen molar-refractivity contribution >= 4 is 10.9 Å². The number of aromatic nitrogens is 3. The van der Waals surface area contributed by atoms with Crippen molar-refractivity contribution in [1.29, 1.82) is 0 Å². The number of halogens is 1. The third-order valence-corrected chi connectivity index (χ3v) is 3.49. The molecule has 4 rings (SSSR count). The van der Waals surface area contributed by atoms with Crippen LogP contribution in [-0.2, 0) is 6.61 Å². The van der Waals surface area contributed by atoms with E-state index in [9.17, 15) is 4.39 Å². The molecule has 0 saturated heterocycles. The van der Waals surface area contributed by atoms with Gasteiger partial charge >= 0.3 is 0 Å². The Bertz CT molecular complexity index is 995. The van der Waals surface area contributed by atoms with Gasteiger partial charge in [-0.1, -0.05) is 29.4 Å². The van der Waals surface area contributed by atoms with Gasteiger partial charge in [0, 0.05) is 17.1 Å². The van der Waals surface area contributed by atoms with Crippen LogP contribution in [0.15, 0.2) is 65.3 Å². The van der Waals surface area contributed by atoms with Crippen molar-refractivity contribution in [3.05, 3.63) is 72.4 Å². The van der Waals surface area contributed by atoms with Crippen molar-refractivity contribution in [3.63, 3.8) is 0 Å². The lowest BCUT2D eigenvalue weighted by Crippen LogP contribution is -1.98. The number of benzene rings is 2. The lowest BCUT2D eigenvalue weighted by Gasteiger charge is -2.06. The van der Waals surface area contributed by atoms with Gasteiger partial charge in [0.15, 0.2) is 6.61 Å². The van der Waals surface area contributed by atoms with Crippen molar-refractivity contribution in [1.82, 2.24) is 15.1 Å². The molecule has 0 aliphatic carbocycles. The van der Waals surface area contributed by atoms with Crippen molar-refractivity contribution in [2.45, 2.75) is 6.61 Å². The second kappa shape index (κ2) is 6.08. The molecular weight excluding hydrogens is 309 g/mol. The van der Waals surface area contributed by atoms with Gasteiger partial charge < -0.3 is 9.26 Å². The van der Waals surface area contributed by atoms with Gasteiger partial charge in [-0.3, -0.25) is 4.98 Å². The van der Waals surface area contributed by atoms with Gasteiger partial charge in [-0.05, 0) is 30.3 Å². The Balaban J connectivity index is 1.54. The Morgan fingerprint density at radius 2 is 1.92 bits per heavy atom. The molecule has 0 spiro atoms. The molecule has 0 aliphatic heterocycles. The Morgan fingerprint density at radius 1 is 1.04 bits per heavy atom. The predicted molar refractivity (Wildman–Crippen MR) is 85.8 cm³/mol. The van der Waals surface area contributed by atoms with Crippen LogP contribution >= 0.6 is 0 Å². The van der Waals surface area contributed by atoms with Crippen LogP contribution in [0.5, 0.6) is 5.75 Å². The summed E-state index contributed by atoms with van der Waals surface area (Å²) in [5, 5.41) is 4.85. The molecule has 24 heavy (non-hydrogen) atoms. The number of para-hydroxylation sites is 1. The Labute approximate surface area is 136 Å². The summed E-state index contributed by atoms with van der Waals surface area (Å²) >= 11 is 0. The molecule has 0 radical (unpaired) electrons. The molecule has 0 bridgehead atoms. The smallest absolute Gasteiger partial charge is 0.258 e. The molecule has 5 nitrogen and oxygen atoms in total. The standard InChI is InChI=1S/C18H12FN3O2/c19-14-7-1-5-13(10-14)18-21-16(22-24-18)11-23-15-8-2-4-12-6-3-9-20-17(12)15/h1-10H,11H2. The van der Waals surface area contributed by atoms with Gasteiger partial charge in [0.25, 0.3) is 5.89 Å². The first-order chi connectivity index (χ1) is 11.8. The summed E-state index contributed by atoms with van der Waals surface area (Å²) in [7, 11) is 0. The van der Waals surface area contributed by atoms with E-state index in [-0.39, 0.29) is 18.3 Å². The van der Waals surface area contributed by atoms with Crippen LogP contribution in [0.25, 0.3) is 22.4 Å². The van der Waals surface area contributed by atoms with E-state index in [1.807, 2.05) is 30.3 Å². The molecular formula is C18H12FN3O2. The summed E-state index contributed by atoms with van der Waals surface area (Å²) in [5.41, 5.74) is 1.30. The summed E-state index contributed by atoms with van der Waals surface area (Å²) < 4.78 is 24.2. The fraction of sp³-hybridized carbons (Fsp3) is 0.0556. The monoisotopic (exact) mass is 321 g/mol. The molecule has 0 unspecified atom stereocenters. The zero-order valence-corrected chi connectivity index (χ0v) is 12.5. The van der Waals surface area contributed by atoms with E-state index in [0.29, 0.717) is 17.1 Å². The number of fused-ring (bicyclic) bond motifs is 1. The molecule has 2 aromatic heterocycles. The number of nitrogens with zero attached hydrogens (tertiary/aromatic N) is 3. The van der Waals surface area contributed by atoms with E-state index in [2.05, 4.69) is 15.1 Å². The average molecular weight is 321 g/mol. The van der Waals surface area contributed by atoms with Gasteiger partial charge in [-0.25, -0.2) is 4.39 Å². The largest absolute Gasteiger partial charge is 0.483 e. The number of hydrogen-bond donors (Lipinski definition) is 0. The van der Waals surface area contributed by atoms with Crippen LogP contribution in [0.2, 0.25) is 0 Å². The maximum atomic E-state index is 13.3. The molecule has 0 saturated carbocycles.